The van der Waals surface area contributed by atoms with Gasteiger partial charge >= 0.3 is 0 Å². The molecular formula is C17H17N5. The number of para-hydroxylation sites is 1. The van der Waals surface area contributed by atoms with E-state index in [4.69, 9.17) is 5.73 Å². The van der Waals surface area contributed by atoms with Crippen molar-refractivity contribution in [2.45, 2.75) is 13.8 Å². The molecule has 1 heterocycles. The lowest BCUT2D eigenvalue weighted by Crippen LogP contribution is -2.01. The van der Waals surface area contributed by atoms with Crippen LogP contribution in [0.2, 0.25) is 0 Å². The molecule has 3 rings (SSSR count). The van der Waals surface area contributed by atoms with E-state index in [2.05, 4.69) is 15.3 Å². The van der Waals surface area contributed by atoms with Crippen molar-refractivity contribution in [2.24, 2.45) is 10.2 Å². The molecule has 0 aliphatic heterocycles. The Labute approximate surface area is 129 Å². The van der Waals surface area contributed by atoms with Crippen molar-refractivity contribution in [3.63, 3.8) is 0 Å². The van der Waals surface area contributed by atoms with E-state index in [1.54, 1.807) is 4.68 Å². The predicted molar refractivity (Wildman–Crippen MR) is 88.1 cm³/mol. The van der Waals surface area contributed by atoms with Crippen LogP contribution in [-0.4, -0.2) is 9.78 Å². The Morgan fingerprint density at radius 2 is 1.59 bits per heavy atom. The smallest absolute Gasteiger partial charge is 0.155 e. The summed E-state index contributed by atoms with van der Waals surface area (Å²) in [5, 5.41) is 13.0. The van der Waals surface area contributed by atoms with Gasteiger partial charge in [0.05, 0.1) is 17.1 Å². The van der Waals surface area contributed by atoms with Crippen molar-refractivity contribution in [3.05, 3.63) is 65.9 Å². The van der Waals surface area contributed by atoms with Crippen molar-refractivity contribution in [3.8, 4) is 5.69 Å². The number of nitrogens with zero attached hydrogens (tertiary/aromatic N) is 4. The van der Waals surface area contributed by atoms with E-state index in [0.717, 1.165) is 17.1 Å². The molecule has 0 spiro atoms. The molecule has 0 amide bonds. The molecule has 0 saturated carbocycles. The lowest BCUT2D eigenvalue weighted by Gasteiger charge is -2.02. The maximum absolute atomic E-state index is 6.17. The highest BCUT2D eigenvalue weighted by molar-refractivity contribution is 5.64. The summed E-state index contributed by atoms with van der Waals surface area (Å²) in [6, 6.07) is 17.6. The third-order valence-electron chi connectivity index (χ3n) is 3.36. The molecule has 0 unspecified atom stereocenters. The molecule has 3 aromatic rings. The van der Waals surface area contributed by atoms with Gasteiger partial charge in [0.25, 0.3) is 0 Å². The standard InChI is InChI=1S/C17H17N5/c1-12-8-10-14(11-9-12)19-20-16-13(2)21-22(17(16)18)15-6-4-3-5-7-15/h3-11H,18H2,1-2H3. The number of nitrogen functional groups attached to an aromatic ring is 1. The average Bonchev–Trinajstić information content (AvgIpc) is 2.82. The minimum Gasteiger partial charge on any atom is -0.382 e. The molecular weight excluding hydrogens is 274 g/mol. The van der Waals surface area contributed by atoms with Gasteiger partial charge in [-0.15, -0.1) is 5.11 Å². The molecule has 1 aromatic heterocycles. The summed E-state index contributed by atoms with van der Waals surface area (Å²) < 4.78 is 1.68. The first-order chi connectivity index (χ1) is 10.6. The first-order valence-corrected chi connectivity index (χ1v) is 7.04. The molecule has 0 aliphatic carbocycles. The monoisotopic (exact) mass is 291 g/mol. The molecule has 0 bridgehead atoms. The van der Waals surface area contributed by atoms with Crippen LogP contribution in [0.3, 0.4) is 0 Å². The van der Waals surface area contributed by atoms with Crippen molar-refractivity contribution in [1.29, 1.82) is 0 Å². The largest absolute Gasteiger partial charge is 0.382 e. The average molecular weight is 291 g/mol. The number of nitrogens with two attached hydrogens (primary N) is 1. The van der Waals surface area contributed by atoms with Gasteiger partial charge in [-0.1, -0.05) is 35.9 Å². The Bertz CT molecular complexity index is 801. The Hall–Kier alpha value is -2.95. The summed E-state index contributed by atoms with van der Waals surface area (Å²) >= 11 is 0. The topological polar surface area (TPSA) is 68.6 Å². The number of azo groups is 1. The SMILES string of the molecule is Cc1ccc(N=Nc2c(C)nn(-c3ccccc3)c2N)cc1. The van der Waals surface area contributed by atoms with Crippen molar-refractivity contribution >= 4 is 17.2 Å². The Balaban J connectivity index is 1.95. The van der Waals surface area contributed by atoms with Gasteiger partial charge in [0.1, 0.15) is 0 Å². The molecule has 0 atom stereocenters. The van der Waals surface area contributed by atoms with Crippen molar-refractivity contribution in [2.75, 3.05) is 5.73 Å². The number of aryl methyl sites for hydroxylation is 2. The van der Waals surface area contributed by atoms with E-state index < -0.39 is 0 Å². The molecule has 0 fully saturated rings. The van der Waals surface area contributed by atoms with Gasteiger partial charge in [0, 0.05) is 0 Å². The van der Waals surface area contributed by atoms with E-state index in [-0.39, 0.29) is 0 Å². The van der Waals surface area contributed by atoms with Gasteiger partial charge in [-0.2, -0.15) is 10.2 Å². The molecule has 5 heteroatoms. The molecule has 110 valence electrons. The maximum Gasteiger partial charge on any atom is 0.155 e. The molecule has 2 N–H and O–H groups in total. The highest BCUT2D eigenvalue weighted by Crippen LogP contribution is 2.30. The fraction of sp³-hybridized carbons (Fsp3) is 0.118. The number of rotatable bonds is 3. The maximum atomic E-state index is 6.17. The summed E-state index contributed by atoms with van der Waals surface area (Å²) in [6.45, 7) is 3.91. The summed E-state index contributed by atoms with van der Waals surface area (Å²) in [4.78, 5) is 0. The zero-order chi connectivity index (χ0) is 15.5. The lowest BCUT2D eigenvalue weighted by molar-refractivity contribution is 0.872. The van der Waals surface area contributed by atoms with Crippen LogP contribution in [0, 0.1) is 13.8 Å². The van der Waals surface area contributed by atoms with Crippen LogP contribution in [0.15, 0.2) is 64.8 Å². The second-order valence-corrected chi connectivity index (χ2v) is 5.10. The fourth-order valence-electron chi connectivity index (χ4n) is 2.15. The van der Waals surface area contributed by atoms with Crippen molar-refractivity contribution < 1.29 is 0 Å². The van der Waals surface area contributed by atoms with E-state index >= 15 is 0 Å². The number of hydrogen-bond donors (Lipinski definition) is 1. The number of benzene rings is 2. The second-order valence-electron chi connectivity index (χ2n) is 5.10. The van der Waals surface area contributed by atoms with Crippen molar-refractivity contribution in [1.82, 2.24) is 9.78 Å². The van der Waals surface area contributed by atoms with Crippen LogP contribution in [0.25, 0.3) is 5.69 Å². The summed E-state index contributed by atoms with van der Waals surface area (Å²) in [7, 11) is 0. The van der Waals surface area contributed by atoms with Crippen LogP contribution in [-0.2, 0) is 0 Å². The Morgan fingerprint density at radius 1 is 0.909 bits per heavy atom. The molecule has 0 saturated heterocycles. The lowest BCUT2D eigenvalue weighted by atomic mass is 10.2. The number of aromatic nitrogens is 2. The highest BCUT2D eigenvalue weighted by Gasteiger charge is 2.13. The van der Waals surface area contributed by atoms with E-state index in [0.29, 0.717) is 11.5 Å². The highest BCUT2D eigenvalue weighted by atomic mass is 15.3. The van der Waals surface area contributed by atoms with Gasteiger partial charge in [0.2, 0.25) is 0 Å². The first kappa shape index (κ1) is 14.0. The molecule has 2 aromatic carbocycles. The third-order valence-corrected chi connectivity index (χ3v) is 3.36. The molecule has 22 heavy (non-hydrogen) atoms. The second kappa shape index (κ2) is 5.81. The Morgan fingerprint density at radius 3 is 2.27 bits per heavy atom. The van der Waals surface area contributed by atoms with Crippen LogP contribution in [0.1, 0.15) is 11.3 Å². The zero-order valence-electron chi connectivity index (χ0n) is 12.6. The van der Waals surface area contributed by atoms with E-state index in [1.807, 2.05) is 68.4 Å². The van der Waals surface area contributed by atoms with Crippen LogP contribution >= 0.6 is 0 Å². The van der Waals surface area contributed by atoms with Crippen LogP contribution in [0.4, 0.5) is 17.2 Å². The van der Waals surface area contributed by atoms with Gasteiger partial charge in [-0.25, -0.2) is 4.68 Å². The van der Waals surface area contributed by atoms with Gasteiger partial charge in [-0.05, 0) is 38.1 Å². The summed E-state index contributed by atoms with van der Waals surface area (Å²) in [6.07, 6.45) is 0. The van der Waals surface area contributed by atoms with Crippen LogP contribution in [0.5, 0.6) is 0 Å². The van der Waals surface area contributed by atoms with Gasteiger partial charge in [-0.3, -0.25) is 0 Å². The predicted octanol–water partition coefficient (Wildman–Crippen LogP) is 4.49. The quantitative estimate of drug-likeness (QED) is 0.722. The third kappa shape index (κ3) is 2.74. The van der Waals surface area contributed by atoms with Gasteiger partial charge in [0.15, 0.2) is 11.5 Å². The van der Waals surface area contributed by atoms with Gasteiger partial charge < -0.3 is 5.73 Å². The number of anilines is 1. The van der Waals surface area contributed by atoms with Crippen LogP contribution < -0.4 is 5.73 Å². The van der Waals surface area contributed by atoms with E-state index in [1.165, 1.54) is 5.56 Å². The zero-order valence-corrected chi connectivity index (χ0v) is 12.6. The Kier molecular flexibility index (Phi) is 3.70. The van der Waals surface area contributed by atoms with E-state index in [9.17, 15) is 0 Å². The number of hydrogen-bond acceptors (Lipinski definition) is 4. The minimum atomic E-state index is 0.486. The fourth-order valence-corrected chi connectivity index (χ4v) is 2.15. The molecule has 0 aliphatic rings. The molecule has 5 nitrogen and oxygen atoms in total. The first-order valence-electron chi connectivity index (χ1n) is 7.04. The molecule has 0 radical (unpaired) electrons. The normalized spacial score (nSPS) is 11.2. The summed E-state index contributed by atoms with van der Waals surface area (Å²) in [5.41, 5.74) is 10.4. The summed E-state index contributed by atoms with van der Waals surface area (Å²) in [5.74, 6) is 0.486. The minimum absolute atomic E-state index is 0.486.